The molecule has 32 heavy (non-hydrogen) atoms. The van der Waals surface area contributed by atoms with Crippen molar-refractivity contribution in [2.24, 2.45) is 11.8 Å². The Morgan fingerprint density at radius 2 is 1.84 bits per heavy atom. The van der Waals surface area contributed by atoms with Crippen LogP contribution in [0.2, 0.25) is 0 Å². The highest BCUT2D eigenvalue weighted by Gasteiger charge is 2.72. The molecule has 2 bridgehead atoms. The van der Waals surface area contributed by atoms with Gasteiger partial charge in [-0.05, 0) is 18.2 Å². The molecule has 4 rings (SSSR count). The summed E-state index contributed by atoms with van der Waals surface area (Å²) < 4.78 is 21.1. The maximum Gasteiger partial charge on any atom is 0.305 e. The summed E-state index contributed by atoms with van der Waals surface area (Å²) in [5.74, 6) is -5.20. The Morgan fingerprint density at radius 3 is 2.41 bits per heavy atom. The number of rotatable bonds is 6. The SMILES string of the molecule is COc1ccc(N2C(=O)[C@@H]3[C@@H]4C=C[C@@](C(OC(C)=O)OC(C)=O)(O4)[C@H]3C2=O)c([N+](=O)[O-])c1. The third-order valence-corrected chi connectivity index (χ3v) is 5.61. The van der Waals surface area contributed by atoms with Gasteiger partial charge in [0.1, 0.15) is 11.4 Å². The predicted molar refractivity (Wildman–Crippen MR) is 103 cm³/mol. The van der Waals surface area contributed by atoms with Gasteiger partial charge in [-0.1, -0.05) is 6.08 Å². The number of imide groups is 1. The van der Waals surface area contributed by atoms with E-state index < -0.39 is 64.2 Å². The minimum Gasteiger partial charge on any atom is -0.496 e. The van der Waals surface area contributed by atoms with Crippen LogP contribution in [-0.2, 0) is 33.4 Å². The molecule has 2 amide bonds. The lowest BCUT2D eigenvalue weighted by Gasteiger charge is -2.34. The molecule has 0 saturated carbocycles. The summed E-state index contributed by atoms with van der Waals surface area (Å²) in [4.78, 5) is 61.6. The number of carbonyl (C=O) groups excluding carboxylic acids is 4. The van der Waals surface area contributed by atoms with Gasteiger partial charge >= 0.3 is 11.9 Å². The number of nitrogens with zero attached hydrogens (tertiary/aromatic N) is 2. The number of carbonyl (C=O) groups is 4. The molecule has 12 nitrogen and oxygen atoms in total. The Morgan fingerprint density at radius 1 is 1.19 bits per heavy atom. The van der Waals surface area contributed by atoms with Crippen LogP contribution in [0.1, 0.15) is 13.8 Å². The number of nitro groups is 1. The first-order chi connectivity index (χ1) is 15.1. The monoisotopic (exact) mass is 446 g/mol. The summed E-state index contributed by atoms with van der Waals surface area (Å²) in [6.45, 7) is 2.18. The van der Waals surface area contributed by atoms with Gasteiger partial charge in [0.2, 0.25) is 11.8 Å². The quantitative estimate of drug-likeness (QED) is 0.154. The van der Waals surface area contributed by atoms with Gasteiger partial charge in [-0.25, -0.2) is 4.90 Å². The maximum atomic E-state index is 13.5. The standard InChI is InChI=1S/C20H18N2O10/c1-9(23)30-19(31-10(2)24)20-7-6-14(32-20)15-16(20)18(26)21(17(15)25)12-5-4-11(29-3)8-13(12)22(27)28/h4-8,14-16,19H,1-3H3/t14-,15+,16+,20+/m0/s1. The molecule has 3 aliphatic rings. The average Bonchev–Trinajstić information content (AvgIpc) is 3.37. The molecule has 1 aromatic rings. The molecule has 0 aliphatic carbocycles. The second kappa shape index (κ2) is 7.41. The van der Waals surface area contributed by atoms with Crippen molar-refractivity contribution >= 4 is 35.1 Å². The number of esters is 2. The van der Waals surface area contributed by atoms with Gasteiger partial charge < -0.3 is 18.9 Å². The van der Waals surface area contributed by atoms with Crippen LogP contribution >= 0.6 is 0 Å². The predicted octanol–water partition coefficient (Wildman–Crippen LogP) is 0.869. The molecule has 168 valence electrons. The number of anilines is 1. The van der Waals surface area contributed by atoms with Crippen LogP contribution in [0, 0.1) is 22.0 Å². The smallest absolute Gasteiger partial charge is 0.305 e. The first-order valence-corrected chi connectivity index (χ1v) is 9.52. The molecule has 0 aromatic heterocycles. The van der Waals surface area contributed by atoms with E-state index in [1.807, 2.05) is 0 Å². The molecule has 0 radical (unpaired) electrons. The van der Waals surface area contributed by atoms with Crippen LogP contribution < -0.4 is 9.64 Å². The molecule has 2 saturated heterocycles. The van der Waals surface area contributed by atoms with Crippen molar-refractivity contribution in [2.75, 3.05) is 12.0 Å². The minimum absolute atomic E-state index is 0.172. The fraction of sp³-hybridized carbons (Fsp3) is 0.400. The van der Waals surface area contributed by atoms with Crippen molar-refractivity contribution in [3.05, 3.63) is 40.5 Å². The third-order valence-electron chi connectivity index (χ3n) is 5.61. The number of methoxy groups -OCH3 is 1. The molecule has 0 spiro atoms. The molecule has 1 aromatic carbocycles. The lowest BCUT2D eigenvalue weighted by atomic mass is 9.76. The number of benzene rings is 1. The maximum absolute atomic E-state index is 13.5. The van der Waals surface area contributed by atoms with E-state index in [1.54, 1.807) is 0 Å². The van der Waals surface area contributed by atoms with E-state index in [0.717, 1.165) is 24.8 Å². The number of nitro benzene ring substituents is 1. The summed E-state index contributed by atoms with van der Waals surface area (Å²) in [5.41, 5.74) is -2.47. The topological polar surface area (TPSA) is 152 Å². The van der Waals surface area contributed by atoms with E-state index in [2.05, 4.69) is 0 Å². The third kappa shape index (κ3) is 3.02. The highest BCUT2D eigenvalue weighted by Crippen LogP contribution is 2.55. The summed E-state index contributed by atoms with van der Waals surface area (Å²) in [6.07, 6.45) is 0.439. The summed E-state index contributed by atoms with van der Waals surface area (Å²) in [6, 6.07) is 3.73. The van der Waals surface area contributed by atoms with Gasteiger partial charge in [-0.15, -0.1) is 0 Å². The van der Waals surface area contributed by atoms with Crippen LogP contribution in [0.15, 0.2) is 30.4 Å². The van der Waals surface area contributed by atoms with Crippen LogP contribution in [0.3, 0.4) is 0 Å². The number of ether oxygens (including phenoxy) is 4. The molecule has 3 aliphatic heterocycles. The van der Waals surface area contributed by atoms with Gasteiger partial charge in [0.25, 0.3) is 12.0 Å². The summed E-state index contributed by atoms with van der Waals surface area (Å²) >= 11 is 0. The number of hydrogen-bond acceptors (Lipinski definition) is 10. The van der Waals surface area contributed by atoms with Crippen molar-refractivity contribution in [3.63, 3.8) is 0 Å². The highest BCUT2D eigenvalue weighted by molar-refractivity contribution is 6.24. The van der Waals surface area contributed by atoms with E-state index >= 15 is 0 Å². The molecule has 0 N–H and O–H groups in total. The molecule has 0 unspecified atom stereocenters. The zero-order chi connectivity index (χ0) is 23.4. The lowest BCUT2D eigenvalue weighted by Crippen LogP contribution is -2.52. The first-order valence-electron chi connectivity index (χ1n) is 9.52. The van der Waals surface area contributed by atoms with Crippen LogP contribution in [0.5, 0.6) is 5.75 Å². The Balaban J connectivity index is 1.78. The largest absolute Gasteiger partial charge is 0.496 e. The van der Waals surface area contributed by atoms with Crippen molar-refractivity contribution in [2.45, 2.75) is 31.8 Å². The van der Waals surface area contributed by atoms with Gasteiger partial charge in [-0.2, -0.15) is 0 Å². The molecular weight excluding hydrogens is 428 g/mol. The van der Waals surface area contributed by atoms with Crippen molar-refractivity contribution in [1.29, 1.82) is 0 Å². The van der Waals surface area contributed by atoms with Crippen molar-refractivity contribution < 1.29 is 43.0 Å². The van der Waals surface area contributed by atoms with E-state index in [4.69, 9.17) is 18.9 Å². The second-order valence-corrected chi connectivity index (χ2v) is 7.47. The van der Waals surface area contributed by atoms with Gasteiger partial charge in [0.15, 0.2) is 5.60 Å². The Kier molecular flexibility index (Phi) is 4.96. The average molecular weight is 446 g/mol. The van der Waals surface area contributed by atoms with Crippen molar-refractivity contribution in [3.8, 4) is 5.75 Å². The molecule has 3 heterocycles. The zero-order valence-corrected chi connectivity index (χ0v) is 17.2. The first kappa shape index (κ1) is 21.4. The fourth-order valence-electron chi connectivity index (χ4n) is 4.42. The van der Waals surface area contributed by atoms with Crippen LogP contribution in [-0.4, -0.2) is 53.8 Å². The second-order valence-electron chi connectivity index (χ2n) is 7.47. The summed E-state index contributed by atoms with van der Waals surface area (Å²) in [5, 5.41) is 11.6. The molecule has 12 heteroatoms. The number of hydrogen-bond donors (Lipinski definition) is 0. The highest BCUT2D eigenvalue weighted by atomic mass is 16.7. The van der Waals surface area contributed by atoms with Crippen molar-refractivity contribution in [1.82, 2.24) is 0 Å². The van der Waals surface area contributed by atoms with E-state index in [-0.39, 0.29) is 11.4 Å². The number of amides is 2. The normalized spacial score (nSPS) is 27.6. The minimum atomic E-state index is -1.74. The Hall–Kier alpha value is -3.80. The van der Waals surface area contributed by atoms with E-state index in [1.165, 1.54) is 31.4 Å². The molecular formula is C20H18N2O10. The van der Waals surface area contributed by atoms with Crippen LogP contribution in [0.4, 0.5) is 11.4 Å². The van der Waals surface area contributed by atoms with Gasteiger partial charge in [0.05, 0.1) is 36.0 Å². The fourth-order valence-corrected chi connectivity index (χ4v) is 4.42. The van der Waals surface area contributed by atoms with Crippen LogP contribution in [0.25, 0.3) is 0 Å². The zero-order valence-electron chi connectivity index (χ0n) is 17.2. The summed E-state index contributed by atoms with van der Waals surface area (Å²) in [7, 11) is 1.32. The molecule has 4 atom stereocenters. The number of fused-ring (bicyclic) bond motifs is 5. The van der Waals surface area contributed by atoms with E-state index in [0.29, 0.717) is 0 Å². The van der Waals surface area contributed by atoms with Gasteiger partial charge in [0, 0.05) is 13.8 Å². The molecule has 2 fully saturated rings. The van der Waals surface area contributed by atoms with E-state index in [9.17, 15) is 29.3 Å². The lowest BCUT2D eigenvalue weighted by molar-refractivity contribution is -0.384. The Bertz CT molecular complexity index is 1070. The Labute approximate surface area is 180 Å². The van der Waals surface area contributed by atoms with Gasteiger partial charge in [-0.3, -0.25) is 29.3 Å².